The Kier molecular flexibility index (Phi) is 3.51. The molecule has 0 saturated heterocycles. The van der Waals surface area contributed by atoms with Crippen LogP contribution in [0.25, 0.3) is 0 Å². The summed E-state index contributed by atoms with van der Waals surface area (Å²) >= 11 is 7.04. The van der Waals surface area contributed by atoms with Gasteiger partial charge in [0, 0.05) is 17.9 Å². The lowest BCUT2D eigenvalue weighted by Crippen LogP contribution is -1.93. The number of aromatic nitrogens is 1. The molecule has 0 spiro atoms. The third-order valence-electron chi connectivity index (χ3n) is 2.09. The van der Waals surface area contributed by atoms with E-state index in [1.807, 2.05) is 5.38 Å². The largest absolute Gasteiger partial charge is 0.245 e. The summed E-state index contributed by atoms with van der Waals surface area (Å²) in [4.78, 5) is 4.21. The molecule has 16 heavy (non-hydrogen) atoms. The summed E-state index contributed by atoms with van der Waals surface area (Å²) in [6.07, 6.45) is 0.369. The summed E-state index contributed by atoms with van der Waals surface area (Å²) in [6, 6.07) is 3.56. The number of thiazole rings is 1. The molecule has 84 valence electrons. The van der Waals surface area contributed by atoms with Crippen LogP contribution in [0.15, 0.2) is 23.6 Å². The van der Waals surface area contributed by atoms with Gasteiger partial charge in [0.2, 0.25) is 0 Å². The fraction of sp³-hybridized carbons (Fsp3) is 0.182. The summed E-state index contributed by atoms with van der Waals surface area (Å²) in [7, 11) is 0. The molecular formula is C11H8ClF2NS. The molecule has 1 aromatic heterocycles. The van der Waals surface area contributed by atoms with Crippen molar-refractivity contribution < 1.29 is 8.78 Å². The predicted molar refractivity (Wildman–Crippen MR) is 60.8 cm³/mol. The maximum atomic E-state index is 13.3. The molecule has 1 heterocycles. The number of hydrogen-bond donors (Lipinski definition) is 0. The predicted octanol–water partition coefficient (Wildman–Crippen LogP) is 3.75. The van der Waals surface area contributed by atoms with E-state index in [9.17, 15) is 8.78 Å². The lowest BCUT2D eigenvalue weighted by molar-refractivity contribution is 0.574. The van der Waals surface area contributed by atoms with E-state index < -0.39 is 11.6 Å². The van der Waals surface area contributed by atoms with Crippen molar-refractivity contribution in [3.8, 4) is 0 Å². The lowest BCUT2D eigenvalue weighted by atomic mass is 10.1. The van der Waals surface area contributed by atoms with Gasteiger partial charge >= 0.3 is 0 Å². The molecule has 0 saturated carbocycles. The van der Waals surface area contributed by atoms with Crippen molar-refractivity contribution in [2.75, 3.05) is 0 Å². The molecule has 2 aromatic rings. The van der Waals surface area contributed by atoms with Crippen LogP contribution >= 0.6 is 22.9 Å². The topological polar surface area (TPSA) is 12.9 Å². The highest BCUT2D eigenvalue weighted by atomic mass is 35.5. The van der Waals surface area contributed by atoms with Crippen molar-refractivity contribution >= 4 is 22.9 Å². The van der Waals surface area contributed by atoms with Gasteiger partial charge in [0.05, 0.1) is 16.6 Å². The highest BCUT2D eigenvalue weighted by Gasteiger charge is 2.07. The average molecular weight is 260 g/mol. The summed E-state index contributed by atoms with van der Waals surface area (Å²) in [5.74, 6) is -0.757. The van der Waals surface area contributed by atoms with Crippen molar-refractivity contribution in [2.45, 2.75) is 12.3 Å². The zero-order valence-electron chi connectivity index (χ0n) is 8.21. The van der Waals surface area contributed by atoms with Crippen LogP contribution in [-0.2, 0) is 12.3 Å². The van der Waals surface area contributed by atoms with Gasteiger partial charge in [-0.3, -0.25) is 0 Å². The van der Waals surface area contributed by atoms with Crippen LogP contribution < -0.4 is 0 Å². The molecule has 0 amide bonds. The number of nitrogens with zero attached hydrogens (tertiary/aromatic N) is 1. The van der Waals surface area contributed by atoms with Gasteiger partial charge in [-0.15, -0.1) is 22.9 Å². The lowest BCUT2D eigenvalue weighted by Gasteiger charge is -2.00. The smallest absolute Gasteiger partial charge is 0.129 e. The highest BCUT2D eigenvalue weighted by Crippen LogP contribution is 2.18. The Labute approximate surface area is 101 Å². The minimum atomic E-state index is -0.568. The van der Waals surface area contributed by atoms with Crippen LogP contribution in [0.5, 0.6) is 0 Å². The molecule has 0 N–H and O–H groups in total. The van der Waals surface area contributed by atoms with E-state index in [0.717, 1.165) is 16.8 Å². The molecule has 1 nitrogen and oxygen atoms in total. The van der Waals surface area contributed by atoms with Crippen LogP contribution in [0.4, 0.5) is 8.78 Å². The fourth-order valence-corrected chi connectivity index (χ4v) is 2.36. The Bertz CT molecular complexity index is 498. The Balaban J connectivity index is 2.20. The molecule has 0 radical (unpaired) electrons. The van der Waals surface area contributed by atoms with E-state index in [2.05, 4.69) is 4.98 Å². The second kappa shape index (κ2) is 4.89. The number of halogens is 3. The van der Waals surface area contributed by atoms with Gasteiger partial charge in [0.25, 0.3) is 0 Å². The molecule has 0 atom stereocenters. The van der Waals surface area contributed by atoms with Gasteiger partial charge in [0.1, 0.15) is 11.6 Å². The van der Waals surface area contributed by atoms with E-state index in [0.29, 0.717) is 17.9 Å². The van der Waals surface area contributed by atoms with E-state index >= 15 is 0 Å². The fourth-order valence-electron chi connectivity index (χ4n) is 1.32. The Morgan fingerprint density at radius 1 is 1.31 bits per heavy atom. The highest BCUT2D eigenvalue weighted by molar-refractivity contribution is 7.09. The zero-order valence-corrected chi connectivity index (χ0v) is 9.79. The molecule has 0 bridgehead atoms. The van der Waals surface area contributed by atoms with Crippen LogP contribution in [0, 0.1) is 11.6 Å². The maximum Gasteiger partial charge on any atom is 0.129 e. The third kappa shape index (κ3) is 2.57. The molecule has 0 aliphatic carbocycles. The molecule has 1 aromatic carbocycles. The summed E-state index contributed by atoms with van der Waals surface area (Å²) < 4.78 is 26.0. The van der Waals surface area contributed by atoms with E-state index in [-0.39, 0.29) is 0 Å². The SMILES string of the molecule is Fc1ccc(Cc2nc(CCl)cs2)c(F)c1. The van der Waals surface area contributed by atoms with Crippen molar-refractivity contribution in [1.82, 2.24) is 4.98 Å². The Morgan fingerprint density at radius 2 is 2.12 bits per heavy atom. The molecule has 0 fully saturated rings. The van der Waals surface area contributed by atoms with E-state index in [4.69, 9.17) is 11.6 Å². The van der Waals surface area contributed by atoms with Crippen LogP contribution in [0.1, 0.15) is 16.3 Å². The number of hydrogen-bond acceptors (Lipinski definition) is 2. The molecule has 0 aliphatic rings. The first-order valence-corrected chi connectivity index (χ1v) is 6.03. The molecule has 2 rings (SSSR count). The van der Waals surface area contributed by atoms with Gasteiger partial charge in [-0.2, -0.15) is 0 Å². The second-order valence-corrected chi connectivity index (χ2v) is 4.49. The van der Waals surface area contributed by atoms with Crippen molar-refractivity contribution in [3.63, 3.8) is 0 Å². The molecule has 0 aliphatic heterocycles. The maximum absolute atomic E-state index is 13.3. The third-order valence-corrected chi connectivity index (χ3v) is 3.26. The quantitative estimate of drug-likeness (QED) is 0.765. The first-order valence-electron chi connectivity index (χ1n) is 4.62. The normalized spacial score (nSPS) is 10.7. The average Bonchev–Trinajstić information content (AvgIpc) is 2.70. The number of rotatable bonds is 3. The van der Waals surface area contributed by atoms with Crippen LogP contribution in [-0.4, -0.2) is 4.98 Å². The first-order chi connectivity index (χ1) is 7.69. The minimum Gasteiger partial charge on any atom is -0.245 e. The Hall–Kier alpha value is -1.00. The molecule has 5 heteroatoms. The van der Waals surface area contributed by atoms with Crippen molar-refractivity contribution in [2.24, 2.45) is 0 Å². The monoisotopic (exact) mass is 259 g/mol. The van der Waals surface area contributed by atoms with Crippen molar-refractivity contribution in [3.05, 3.63) is 51.5 Å². The van der Waals surface area contributed by atoms with Crippen LogP contribution in [0.3, 0.4) is 0 Å². The number of benzene rings is 1. The summed E-state index contributed by atoms with van der Waals surface area (Å²) in [5.41, 5.74) is 1.22. The number of alkyl halides is 1. The van der Waals surface area contributed by atoms with Crippen LogP contribution in [0.2, 0.25) is 0 Å². The molecule has 0 unspecified atom stereocenters. The van der Waals surface area contributed by atoms with Gasteiger partial charge in [-0.05, 0) is 11.6 Å². The second-order valence-electron chi connectivity index (χ2n) is 3.28. The Morgan fingerprint density at radius 3 is 2.75 bits per heavy atom. The molecular weight excluding hydrogens is 252 g/mol. The van der Waals surface area contributed by atoms with Gasteiger partial charge in [0.15, 0.2) is 0 Å². The van der Waals surface area contributed by atoms with Crippen molar-refractivity contribution in [1.29, 1.82) is 0 Å². The van der Waals surface area contributed by atoms with Gasteiger partial charge in [-0.25, -0.2) is 13.8 Å². The minimum absolute atomic E-state index is 0.350. The summed E-state index contributed by atoms with van der Waals surface area (Å²) in [6.45, 7) is 0. The zero-order chi connectivity index (χ0) is 11.5. The first kappa shape index (κ1) is 11.5. The van der Waals surface area contributed by atoms with Gasteiger partial charge < -0.3 is 0 Å². The van der Waals surface area contributed by atoms with E-state index in [1.54, 1.807) is 0 Å². The van der Waals surface area contributed by atoms with Gasteiger partial charge in [-0.1, -0.05) is 6.07 Å². The summed E-state index contributed by atoms with van der Waals surface area (Å²) in [5, 5.41) is 2.62. The van der Waals surface area contributed by atoms with E-state index in [1.165, 1.54) is 23.5 Å². The standard InChI is InChI=1S/C11H8ClF2NS/c12-5-9-6-16-11(15-9)3-7-1-2-8(13)4-10(7)14/h1-2,4,6H,3,5H2.